The zero-order chi connectivity index (χ0) is 27.1. The molecule has 0 heterocycles. The number of allylic oxidation sites excluding steroid dienone is 8. The summed E-state index contributed by atoms with van der Waals surface area (Å²) in [6.07, 6.45) is 11.1. The highest BCUT2D eigenvalue weighted by Gasteiger charge is 2.04. The van der Waals surface area contributed by atoms with Crippen LogP contribution in [0.2, 0.25) is 0 Å². The predicted octanol–water partition coefficient (Wildman–Crippen LogP) is 10.4. The van der Waals surface area contributed by atoms with Crippen LogP contribution < -0.4 is 5.73 Å². The summed E-state index contributed by atoms with van der Waals surface area (Å²) in [7, 11) is 0. The Bertz CT molecular complexity index is 797. The molecule has 0 unspecified atom stereocenters. The van der Waals surface area contributed by atoms with Crippen molar-refractivity contribution >= 4 is 0 Å². The molecule has 1 nitrogen and oxygen atoms in total. The number of hydrogen-bond donors (Lipinski definition) is 1. The monoisotopic (exact) mass is 463 g/mol. The highest BCUT2D eigenvalue weighted by molar-refractivity contribution is 5.42. The van der Waals surface area contributed by atoms with Gasteiger partial charge in [-0.1, -0.05) is 114 Å². The molecule has 0 aliphatic heterocycles. The van der Waals surface area contributed by atoms with Crippen LogP contribution in [0.25, 0.3) is 0 Å². The molecule has 0 fully saturated rings. The average Bonchev–Trinajstić information content (AvgIpc) is 2.83. The van der Waals surface area contributed by atoms with Crippen LogP contribution in [0.4, 0.5) is 0 Å². The van der Waals surface area contributed by atoms with Gasteiger partial charge in [-0.25, -0.2) is 0 Å². The maximum Gasteiger partial charge on any atom is 0.0370 e. The molecule has 1 aromatic carbocycles. The smallest absolute Gasteiger partial charge is 0.0370 e. The quantitative estimate of drug-likeness (QED) is 0.271. The van der Waals surface area contributed by atoms with E-state index in [4.69, 9.17) is 5.73 Å². The minimum atomic E-state index is 0.715. The van der Waals surface area contributed by atoms with E-state index >= 15 is 0 Å². The summed E-state index contributed by atoms with van der Waals surface area (Å²) in [4.78, 5) is 0. The lowest BCUT2D eigenvalue weighted by Crippen LogP contribution is -2.03. The summed E-state index contributed by atoms with van der Waals surface area (Å²) in [5.41, 5.74) is 14.6. The van der Waals surface area contributed by atoms with Gasteiger partial charge in [-0.2, -0.15) is 0 Å². The molecule has 0 atom stereocenters. The van der Waals surface area contributed by atoms with Crippen molar-refractivity contribution in [3.05, 3.63) is 120 Å². The lowest BCUT2D eigenvalue weighted by Gasteiger charge is -2.11. The summed E-state index contributed by atoms with van der Waals surface area (Å²) in [6.45, 7) is 35.5. The van der Waals surface area contributed by atoms with Crippen molar-refractivity contribution < 1.29 is 0 Å². The molecule has 0 aromatic heterocycles. The number of nitrogens with two attached hydrogens (primary N) is 1. The van der Waals surface area contributed by atoms with E-state index in [0.717, 1.165) is 35.1 Å². The third-order valence-corrected chi connectivity index (χ3v) is 4.89. The zero-order valence-electron chi connectivity index (χ0n) is 23.7. The van der Waals surface area contributed by atoms with Crippen molar-refractivity contribution in [1.82, 2.24) is 0 Å². The Balaban J connectivity index is -0.000000449. The van der Waals surface area contributed by atoms with Crippen LogP contribution >= 0.6 is 0 Å². The normalized spacial score (nSPS) is 10.5. The second kappa shape index (κ2) is 23.4. The predicted molar refractivity (Wildman–Crippen MR) is 160 cm³/mol. The zero-order valence-corrected chi connectivity index (χ0v) is 23.7. The first-order valence-corrected chi connectivity index (χ1v) is 12.5. The number of aryl methyl sites for hydroxylation is 2. The largest absolute Gasteiger partial charge is 0.398 e. The van der Waals surface area contributed by atoms with Crippen LogP contribution in [0, 0.1) is 6.92 Å². The van der Waals surface area contributed by atoms with Gasteiger partial charge in [-0.15, -0.1) is 6.58 Å². The second-order valence-corrected chi connectivity index (χ2v) is 8.18. The standard InChI is InChI=1S/C15H21N.C9H12.C7H14.C2H6/c1-7-9-14(8-2)10-12(5)13(6)15(16)11(3)4;1-3-9-6-4-8(2)5-7-9;1-4-5-6-7(2)3;1-2/h7-9H,1-3,5,10,16H2,4,6H3;4-7H,3H2,1-2H3;2,4-6H2,1,3H3;1-2H3/b14-9+,15-13+;;;. The van der Waals surface area contributed by atoms with E-state index in [1.54, 1.807) is 12.2 Å². The Morgan fingerprint density at radius 1 is 0.941 bits per heavy atom. The molecule has 0 bridgehead atoms. The number of benzene rings is 1. The van der Waals surface area contributed by atoms with E-state index in [9.17, 15) is 0 Å². The van der Waals surface area contributed by atoms with E-state index in [-0.39, 0.29) is 0 Å². The number of rotatable bonds is 10. The SMILES string of the molecule is C=C(C)CCCC.C=C/C=C(\C=C)CC(=C)/C(C)=C(/N)C(=C)C.CC.CCc1ccc(C)cc1. The van der Waals surface area contributed by atoms with Gasteiger partial charge >= 0.3 is 0 Å². The van der Waals surface area contributed by atoms with Crippen LogP contribution in [-0.2, 0) is 6.42 Å². The lowest BCUT2D eigenvalue weighted by atomic mass is 9.97. The van der Waals surface area contributed by atoms with Crippen molar-refractivity contribution in [3.8, 4) is 0 Å². The molecule has 0 amide bonds. The molecule has 1 heteroatoms. The van der Waals surface area contributed by atoms with Gasteiger partial charge in [-0.05, 0) is 81.2 Å². The summed E-state index contributed by atoms with van der Waals surface area (Å²) in [5.74, 6) is 0. The summed E-state index contributed by atoms with van der Waals surface area (Å²) < 4.78 is 0. The van der Waals surface area contributed by atoms with Crippen LogP contribution in [0.5, 0.6) is 0 Å². The second-order valence-electron chi connectivity index (χ2n) is 8.18. The molecule has 0 radical (unpaired) electrons. The first kappa shape index (κ1) is 35.8. The third-order valence-electron chi connectivity index (χ3n) is 4.89. The maximum atomic E-state index is 5.91. The van der Waals surface area contributed by atoms with Crippen LogP contribution in [-0.4, -0.2) is 0 Å². The molecule has 0 spiro atoms. The van der Waals surface area contributed by atoms with Crippen LogP contribution in [0.15, 0.2) is 109 Å². The van der Waals surface area contributed by atoms with Gasteiger partial charge < -0.3 is 5.73 Å². The van der Waals surface area contributed by atoms with Crippen LogP contribution in [0.3, 0.4) is 0 Å². The van der Waals surface area contributed by atoms with Gasteiger partial charge in [0, 0.05) is 5.70 Å². The molecule has 0 aliphatic carbocycles. The molecule has 34 heavy (non-hydrogen) atoms. The van der Waals surface area contributed by atoms with Gasteiger partial charge in [0.1, 0.15) is 0 Å². The van der Waals surface area contributed by atoms with Crippen molar-refractivity contribution in [2.24, 2.45) is 5.73 Å². The Hall–Kier alpha value is -2.80. The molecular formula is C33H53N. The summed E-state index contributed by atoms with van der Waals surface area (Å²) >= 11 is 0. The summed E-state index contributed by atoms with van der Waals surface area (Å²) in [5, 5.41) is 0. The first-order valence-electron chi connectivity index (χ1n) is 12.5. The lowest BCUT2D eigenvalue weighted by molar-refractivity contribution is 0.789. The molecule has 2 N–H and O–H groups in total. The van der Waals surface area contributed by atoms with Crippen molar-refractivity contribution in [3.63, 3.8) is 0 Å². The van der Waals surface area contributed by atoms with Crippen molar-refractivity contribution in [2.75, 3.05) is 0 Å². The highest BCUT2D eigenvalue weighted by Crippen LogP contribution is 2.21. The molecule has 0 saturated heterocycles. The average molecular weight is 464 g/mol. The molecular weight excluding hydrogens is 410 g/mol. The Morgan fingerprint density at radius 3 is 1.79 bits per heavy atom. The van der Waals surface area contributed by atoms with Crippen molar-refractivity contribution in [1.29, 1.82) is 0 Å². The van der Waals surface area contributed by atoms with Gasteiger partial charge in [-0.3, -0.25) is 0 Å². The molecule has 1 aromatic rings. The third kappa shape index (κ3) is 19.9. The minimum Gasteiger partial charge on any atom is -0.398 e. The minimum absolute atomic E-state index is 0.715. The number of hydrogen-bond acceptors (Lipinski definition) is 1. The molecule has 190 valence electrons. The molecule has 0 saturated carbocycles. The molecule has 1 rings (SSSR count). The van der Waals surface area contributed by atoms with Crippen LogP contribution in [0.1, 0.15) is 85.3 Å². The molecule has 0 aliphatic rings. The van der Waals surface area contributed by atoms with Crippen molar-refractivity contribution in [2.45, 2.75) is 87.5 Å². The maximum absolute atomic E-state index is 5.91. The fourth-order valence-corrected chi connectivity index (χ4v) is 2.54. The van der Waals surface area contributed by atoms with E-state index in [1.165, 1.54) is 36.0 Å². The Kier molecular flexibility index (Phi) is 24.6. The van der Waals surface area contributed by atoms with Gasteiger partial charge in [0.15, 0.2) is 0 Å². The highest BCUT2D eigenvalue weighted by atomic mass is 14.6. The topological polar surface area (TPSA) is 26.0 Å². The fraction of sp³-hybridized carbons (Fsp3) is 0.394. The van der Waals surface area contributed by atoms with Gasteiger partial charge in [0.25, 0.3) is 0 Å². The van der Waals surface area contributed by atoms with Gasteiger partial charge in [0.05, 0.1) is 0 Å². The van der Waals surface area contributed by atoms with E-state index in [2.05, 4.69) is 84.9 Å². The Morgan fingerprint density at radius 2 is 1.47 bits per heavy atom. The Labute approximate surface area is 213 Å². The number of unbranched alkanes of at least 4 members (excludes halogenated alkanes) is 1. The first-order chi connectivity index (χ1) is 16.0. The summed E-state index contributed by atoms with van der Waals surface area (Å²) in [6, 6.07) is 8.66. The van der Waals surface area contributed by atoms with E-state index < -0.39 is 0 Å². The van der Waals surface area contributed by atoms with E-state index in [1.807, 2.05) is 33.8 Å². The fourth-order valence-electron chi connectivity index (χ4n) is 2.54. The van der Waals surface area contributed by atoms with Gasteiger partial charge in [0.2, 0.25) is 0 Å². The van der Waals surface area contributed by atoms with E-state index in [0.29, 0.717) is 5.70 Å².